The van der Waals surface area contributed by atoms with Crippen LogP contribution in [0.25, 0.3) is 0 Å². The molecular formula is C12H18ClN. The molecule has 0 saturated carbocycles. The van der Waals surface area contributed by atoms with E-state index in [2.05, 4.69) is 26.0 Å². The fraction of sp³-hybridized carbons (Fsp3) is 0.500. The zero-order chi connectivity index (χ0) is 10.6. The van der Waals surface area contributed by atoms with Gasteiger partial charge in [0.15, 0.2) is 0 Å². The second-order valence-electron chi connectivity index (χ2n) is 3.97. The van der Waals surface area contributed by atoms with Crippen LogP contribution in [0.2, 0.25) is 5.02 Å². The van der Waals surface area contributed by atoms with Gasteiger partial charge in [-0.1, -0.05) is 30.7 Å². The maximum absolute atomic E-state index is 6.12. The molecule has 2 N–H and O–H groups in total. The summed E-state index contributed by atoms with van der Waals surface area (Å²) < 4.78 is 0. The first-order valence-corrected chi connectivity index (χ1v) is 5.46. The molecule has 1 nitrogen and oxygen atoms in total. The molecule has 0 saturated heterocycles. The van der Waals surface area contributed by atoms with Crippen LogP contribution in [0.15, 0.2) is 18.2 Å². The number of aryl methyl sites for hydroxylation is 2. The molecule has 0 aliphatic carbocycles. The van der Waals surface area contributed by atoms with E-state index in [1.165, 1.54) is 11.1 Å². The Hall–Kier alpha value is -0.530. The lowest BCUT2D eigenvalue weighted by Crippen LogP contribution is -2.11. The van der Waals surface area contributed by atoms with Crippen molar-refractivity contribution >= 4 is 11.6 Å². The molecule has 0 aliphatic rings. The van der Waals surface area contributed by atoms with Gasteiger partial charge in [0.2, 0.25) is 0 Å². The lowest BCUT2D eigenvalue weighted by Gasteiger charge is -2.09. The SMILES string of the molecule is Cc1ccc(CCC(C)CN)c(Cl)c1. The Labute approximate surface area is 91.3 Å². The summed E-state index contributed by atoms with van der Waals surface area (Å²) in [5.74, 6) is 0.576. The highest BCUT2D eigenvalue weighted by Gasteiger charge is 2.03. The molecule has 0 amide bonds. The van der Waals surface area contributed by atoms with Crippen LogP contribution in [-0.2, 0) is 6.42 Å². The Morgan fingerprint density at radius 3 is 2.71 bits per heavy atom. The number of benzene rings is 1. The minimum absolute atomic E-state index is 0.576. The van der Waals surface area contributed by atoms with Gasteiger partial charge in [0.25, 0.3) is 0 Å². The normalized spacial score (nSPS) is 12.9. The van der Waals surface area contributed by atoms with Gasteiger partial charge in [0.05, 0.1) is 0 Å². The molecule has 78 valence electrons. The third-order valence-corrected chi connectivity index (χ3v) is 2.87. The van der Waals surface area contributed by atoms with E-state index in [4.69, 9.17) is 17.3 Å². The highest BCUT2D eigenvalue weighted by molar-refractivity contribution is 6.31. The Balaban J connectivity index is 2.59. The summed E-state index contributed by atoms with van der Waals surface area (Å²) in [6.45, 7) is 4.98. The van der Waals surface area contributed by atoms with E-state index in [1.807, 2.05) is 6.07 Å². The molecule has 1 aromatic rings. The summed E-state index contributed by atoms with van der Waals surface area (Å²) in [5.41, 5.74) is 8.01. The zero-order valence-electron chi connectivity index (χ0n) is 8.89. The van der Waals surface area contributed by atoms with Crippen LogP contribution in [0.5, 0.6) is 0 Å². The molecule has 1 atom stereocenters. The van der Waals surface area contributed by atoms with Crippen LogP contribution in [0, 0.1) is 12.8 Å². The summed E-state index contributed by atoms with van der Waals surface area (Å²) in [7, 11) is 0. The zero-order valence-corrected chi connectivity index (χ0v) is 9.64. The quantitative estimate of drug-likeness (QED) is 0.814. The fourth-order valence-electron chi connectivity index (χ4n) is 1.37. The number of halogens is 1. The molecule has 14 heavy (non-hydrogen) atoms. The number of hydrogen-bond donors (Lipinski definition) is 1. The number of hydrogen-bond acceptors (Lipinski definition) is 1. The summed E-state index contributed by atoms with van der Waals surface area (Å²) in [5, 5.41) is 0.884. The van der Waals surface area contributed by atoms with Gasteiger partial charge in [-0.3, -0.25) is 0 Å². The van der Waals surface area contributed by atoms with Crippen molar-refractivity contribution in [1.29, 1.82) is 0 Å². The predicted octanol–water partition coefficient (Wildman–Crippen LogP) is 3.18. The summed E-state index contributed by atoms with van der Waals surface area (Å²) in [6.07, 6.45) is 2.14. The maximum atomic E-state index is 6.12. The molecule has 1 rings (SSSR count). The molecule has 0 aromatic heterocycles. The molecule has 2 heteroatoms. The maximum Gasteiger partial charge on any atom is 0.0440 e. The van der Waals surface area contributed by atoms with E-state index < -0.39 is 0 Å². The van der Waals surface area contributed by atoms with Crippen molar-refractivity contribution in [2.45, 2.75) is 26.7 Å². The van der Waals surface area contributed by atoms with E-state index in [-0.39, 0.29) is 0 Å². The number of nitrogens with two attached hydrogens (primary N) is 1. The Morgan fingerprint density at radius 2 is 2.14 bits per heavy atom. The fourth-order valence-corrected chi connectivity index (χ4v) is 1.70. The van der Waals surface area contributed by atoms with Crippen LogP contribution in [0.4, 0.5) is 0 Å². The monoisotopic (exact) mass is 211 g/mol. The van der Waals surface area contributed by atoms with E-state index in [9.17, 15) is 0 Å². The smallest absolute Gasteiger partial charge is 0.0440 e. The summed E-state index contributed by atoms with van der Waals surface area (Å²) in [4.78, 5) is 0. The first-order chi connectivity index (χ1) is 6.63. The van der Waals surface area contributed by atoms with Crippen LogP contribution in [0.1, 0.15) is 24.5 Å². The van der Waals surface area contributed by atoms with Crippen molar-refractivity contribution in [2.75, 3.05) is 6.54 Å². The topological polar surface area (TPSA) is 26.0 Å². The average Bonchev–Trinajstić information content (AvgIpc) is 2.16. The van der Waals surface area contributed by atoms with Crippen molar-refractivity contribution in [3.8, 4) is 0 Å². The van der Waals surface area contributed by atoms with E-state index in [1.54, 1.807) is 0 Å². The molecule has 0 heterocycles. The van der Waals surface area contributed by atoms with E-state index in [0.717, 1.165) is 24.4 Å². The van der Waals surface area contributed by atoms with Gasteiger partial charge in [-0.2, -0.15) is 0 Å². The average molecular weight is 212 g/mol. The Kier molecular flexibility index (Phi) is 4.43. The van der Waals surface area contributed by atoms with Crippen LogP contribution >= 0.6 is 11.6 Å². The van der Waals surface area contributed by atoms with Gasteiger partial charge in [0, 0.05) is 5.02 Å². The molecule has 1 unspecified atom stereocenters. The molecular weight excluding hydrogens is 194 g/mol. The lowest BCUT2D eigenvalue weighted by molar-refractivity contribution is 0.545. The first-order valence-electron chi connectivity index (χ1n) is 5.08. The minimum Gasteiger partial charge on any atom is -0.330 e. The summed E-state index contributed by atoms with van der Waals surface area (Å²) >= 11 is 6.12. The molecule has 0 aliphatic heterocycles. The Morgan fingerprint density at radius 1 is 1.43 bits per heavy atom. The van der Waals surface area contributed by atoms with E-state index >= 15 is 0 Å². The van der Waals surface area contributed by atoms with Gasteiger partial charge in [-0.25, -0.2) is 0 Å². The van der Waals surface area contributed by atoms with Gasteiger partial charge in [0.1, 0.15) is 0 Å². The largest absolute Gasteiger partial charge is 0.330 e. The van der Waals surface area contributed by atoms with E-state index in [0.29, 0.717) is 5.92 Å². The van der Waals surface area contributed by atoms with Gasteiger partial charge >= 0.3 is 0 Å². The van der Waals surface area contributed by atoms with Crippen LogP contribution < -0.4 is 5.73 Å². The van der Waals surface area contributed by atoms with Crippen molar-refractivity contribution < 1.29 is 0 Å². The van der Waals surface area contributed by atoms with Gasteiger partial charge < -0.3 is 5.73 Å². The Bertz CT molecular complexity index is 296. The number of rotatable bonds is 4. The van der Waals surface area contributed by atoms with Crippen LogP contribution in [0.3, 0.4) is 0 Å². The molecule has 1 aromatic carbocycles. The summed E-state index contributed by atoms with van der Waals surface area (Å²) in [6, 6.07) is 6.24. The third kappa shape index (κ3) is 3.32. The van der Waals surface area contributed by atoms with Crippen molar-refractivity contribution in [2.24, 2.45) is 11.7 Å². The van der Waals surface area contributed by atoms with Crippen molar-refractivity contribution in [1.82, 2.24) is 0 Å². The molecule has 0 fully saturated rings. The second-order valence-corrected chi connectivity index (χ2v) is 4.38. The molecule has 0 spiro atoms. The molecule has 0 radical (unpaired) electrons. The van der Waals surface area contributed by atoms with Gasteiger partial charge in [-0.05, 0) is 49.4 Å². The highest BCUT2D eigenvalue weighted by Crippen LogP contribution is 2.20. The van der Waals surface area contributed by atoms with Gasteiger partial charge in [-0.15, -0.1) is 0 Å². The van der Waals surface area contributed by atoms with Crippen molar-refractivity contribution in [3.63, 3.8) is 0 Å². The lowest BCUT2D eigenvalue weighted by atomic mass is 10.0. The third-order valence-electron chi connectivity index (χ3n) is 2.52. The first kappa shape index (κ1) is 11.5. The second kappa shape index (κ2) is 5.38. The predicted molar refractivity (Wildman–Crippen MR) is 62.7 cm³/mol. The highest BCUT2D eigenvalue weighted by atomic mass is 35.5. The molecule has 0 bridgehead atoms. The standard InChI is InChI=1S/C12H18ClN/c1-9-3-5-11(12(13)7-9)6-4-10(2)8-14/h3,5,7,10H,4,6,8,14H2,1-2H3. The van der Waals surface area contributed by atoms with Crippen LogP contribution in [-0.4, -0.2) is 6.54 Å². The minimum atomic E-state index is 0.576. The van der Waals surface area contributed by atoms with Crippen molar-refractivity contribution in [3.05, 3.63) is 34.3 Å².